The number of aromatic nitrogens is 2. The Morgan fingerprint density at radius 1 is 1.46 bits per heavy atom. The Balaban J connectivity index is 2.35. The second kappa shape index (κ2) is 2.34. The lowest BCUT2D eigenvalue weighted by molar-refractivity contribution is 0.749. The molecule has 1 aliphatic carbocycles. The summed E-state index contributed by atoms with van der Waals surface area (Å²) < 4.78 is 2.44. The molecule has 1 fully saturated rings. The summed E-state index contributed by atoms with van der Waals surface area (Å²) in [6.07, 6.45) is 6.50. The Morgan fingerprint density at radius 3 is 3.08 bits per heavy atom. The molecule has 2 aromatic rings. The van der Waals surface area contributed by atoms with E-state index in [2.05, 4.69) is 28.6 Å². The molecule has 0 aromatic carbocycles. The first-order chi connectivity index (χ1) is 6.36. The molecule has 1 saturated carbocycles. The van der Waals surface area contributed by atoms with Gasteiger partial charge in [0, 0.05) is 29.5 Å². The highest BCUT2D eigenvalue weighted by atomic mass is 15.1. The van der Waals surface area contributed by atoms with Crippen LogP contribution in [0.2, 0.25) is 0 Å². The lowest BCUT2D eigenvalue weighted by atomic mass is 10.3. The Bertz CT molecular complexity index is 452. The van der Waals surface area contributed by atoms with Gasteiger partial charge in [-0.05, 0) is 31.9 Å². The second-order valence-corrected chi connectivity index (χ2v) is 3.82. The number of pyridine rings is 1. The van der Waals surface area contributed by atoms with Gasteiger partial charge in [-0.25, -0.2) is 0 Å². The molecule has 0 amide bonds. The maximum absolute atomic E-state index is 4.13. The Morgan fingerprint density at radius 2 is 2.31 bits per heavy atom. The zero-order chi connectivity index (χ0) is 8.84. The van der Waals surface area contributed by atoms with Gasteiger partial charge in [0.1, 0.15) is 0 Å². The van der Waals surface area contributed by atoms with E-state index in [9.17, 15) is 0 Å². The van der Waals surface area contributed by atoms with Crippen molar-refractivity contribution in [2.45, 2.75) is 25.8 Å². The lowest BCUT2D eigenvalue weighted by Gasteiger charge is -2.04. The SMILES string of the molecule is Cc1cc2cnccc2n1C1CC1. The second-order valence-electron chi connectivity index (χ2n) is 3.82. The van der Waals surface area contributed by atoms with Crippen molar-refractivity contribution in [3.05, 3.63) is 30.2 Å². The highest BCUT2D eigenvalue weighted by molar-refractivity contribution is 5.80. The fraction of sp³-hybridized carbons (Fsp3) is 0.364. The van der Waals surface area contributed by atoms with Gasteiger partial charge in [0.15, 0.2) is 0 Å². The van der Waals surface area contributed by atoms with Gasteiger partial charge >= 0.3 is 0 Å². The molecular weight excluding hydrogens is 160 g/mol. The minimum atomic E-state index is 0.764. The molecule has 0 spiro atoms. The number of rotatable bonds is 1. The number of fused-ring (bicyclic) bond motifs is 1. The van der Waals surface area contributed by atoms with E-state index < -0.39 is 0 Å². The minimum absolute atomic E-state index is 0.764. The molecule has 66 valence electrons. The zero-order valence-corrected chi connectivity index (χ0v) is 7.70. The van der Waals surface area contributed by atoms with Crippen LogP contribution in [0.1, 0.15) is 24.6 Å². The normalized spacial score (nSPS) is 16.7. The van der Waals surface area contributed by atoms with Crippen molar-refractivity contribution in [3.63, 3.8) is 0 Å². The molecule has 0 aliphatic heterocycles. The van der Waals surface area contributed by atoms with Gasteiger partial charge in [0.25, 0.3) is 0 Å². The van der Waals surface area contributed by atoms with Crippen molar-refractivity contribution in [1.82, 2.24) is 9.55 Å². The van der Waals surface area contributed by atoms with E-state index in [1.54, 1.807) is 0 Å². The van der Waals surface area contributed by atoms with Gasteiger partial charge in [-0.3, -0.25) is 4.98 Å². The molecule has 2 heteroatoms. The van der Waals surface area contributed by atoms with E-state index in [-0.39, 0.29) is 0 Å². The first-order valence-corrected chi connectivity index (χ1v) is 4.78. The third kappa shape index (κ3) is 0.981. The number of aryl methyl sites for hydroxylation is 1. The summed E-state index contributed by atoms with van der Waals surface area (Å²) in [5, 5.41) is 1.27. The molecule has 2 nitrogen and oxygen atoms in total. The van der Waals surface area contributed by atoms with E-state index in [1.807, 2.05) is 12.4 Å². The maximum Gasteiger partial charge on any atom is 0.0516 e. The van der Waals surface area contributed by atoms with Gasteiger partial charge in [0.2, 0.25) is 0 Å². The van der Waals surface area contributed by atoms with Crippen molar-refractivity contribution in [2.24, 2.45) is 0 Å². The summed E-state index contributed by atoms with van der Waals surface area (Å²) in [6, 6.07) is 5.10. The van der Waals surface area contributed by atoms with Gasteiger partial charge in [-0.1, -0.05) is 0 Å². The van der Waals surface area contributed by atoms with E-state index in [0.29, 0.717) is 0 Å². The van der Waals surface area contributed by atoms with Crippen LogP contribution in [-0.4, -0.2) is 9.55 Å². The monoisotopic (exact) mass is 172 g/mol. The molecule has 0 radical (unpaired) electrons. The maximum atomic E-state index is 4.13. The number of hydrogen-bond donors (Lipinski definition) is 0. The Kier molecular flexibility index (Phi) is 1.29. The standard InChI is InChI=1S/C11H12N2/c1-8-6-9-7-12-5-4-11(9)13(8)10-2-3-10/h4-7,10H,2-3H2,1H3. The molecule has 3 rings (SSSR count). The highest BCUT2D eigenvalue weighted by Gasteiger charge is 2.25. The summed E-state index contributed by atoms with van der Waals surface area (Å²) in [4.78, 5) is 4.13. The van der Waals surface area contributed by atoms with Crippen LogP contribution in [0, 0.1) is 6.92 Å². The fourth-order valence-corrected chi connectivity index (χ4v) is 2.03. The summed E-state index contributed by atoms with van der Waals surface area (Å²) in [7, 11) is 0. The van der Waals surface area contributed by atoms with Gasteiger partial charge < -0.3 is 4.57 Å². The molecule has 2 aromatic heterocycles. The van der Waals surface area contributed by atoms with Crippen LogP contribution in [-0.2, 0) is 0 Å². The van der Waals surface area contributed by atoms with Crippen molar-refractivity contribution in [2.75, 3.05) is 0 Å². The zero-order valence-electron chi connectivity index (χ0n) is 7.70. The quantitative estimate of drug-likeness (QED) is 0.646. The van der Waals surface area contributed by atoms with Gasteiger partial charge in [-0.2, -0.15) is 0 Å². The molecule has 0 bridgehead atoms. The molecule has 2 heterocycles. The predicted molar refractivity (Wildman–Crippen MR) is 52.7 cm³/mol. The topological polar surface area (TPSA) is 17.8 Å². The number of hydrogen-bond acceptors (Lipinski definition) is 1. The van der Waals surface area contributed by atoms with Crippen LogP contribution < -0.4 is 0 Å². The van der Waals surface area contributed by atoms with Crippen LogP contribution in [0.3, 0.4) is 0 Å². The van der Waals surface area contributed by atoms with Crippen molar-refractivity contribution in [1.29, 1.82) is 0 Å². The fourth-order valence-electron chi connectivity index (χ4n) is 2.03. The summed E-state index contributed by atoms with van der Waals surface area (Å²) >= 11 is 0. The van der Waals surface area contributed by atoms with Crippen LogP contribution in [0.4, 0.5) is 0 Å². The molecule has 13 heavy (non-hydrogen) atoms. The molecule has 0 N–H and O–H groups in total. The summed E-state index contributed by atoms with van der Waals surface area (Å²) in [5.74, 6) is 0. The first kappa shape index (κ1) is 7.13. The molecule has 0 unspecified atom stereocenters. The van der Waals surface area contributed by atoms with E-state index in [1.165, 1.54) is 29.4 Å². The molecule has 1 aliphatic rings. The average molecular weight is 172 g/mol. The minimum Gasteiger partial charge on any atom is -0.342 e. The van der Waals surface area contributed by atoms with Crippen LogP contribution in [0.25, 0.3) is 10.9 Å². The van der Waals surface area contributed by atoms with Crippen molar-refractivity contribution in [3.8, 4) is 0 Å². The Hall–Kier alpha value is -1.31. The van der Waals surface area contributed by atoms with Crippen molar-refractivity contribution < 1.29 is 0 Å². The van der Waals surface area contributed by atoms with Gasteiger partial charge in [-0.15, -0.1) is 0 Å². The average Bonchev–Trinajstić information content (AvgIpc) is 2.88. The number of nitrogens with zero attached hydrogens (tertiary/aromatic N) is 2. The third-order valence-electron chi connectivity index (χ3n) is 2.74. The van der Waals surface area contributed by atoms with E-state index >= 15 is 0 Å². The molecule has 0 atom stereocenters. The van der Waals surface area contributed by atoms with Gasteiger partial charge in [0.05, 0.1) is 5.52 Å². The van der Waals surface area contributed by atoms with Crippen LogP contribution >= 0.6 is 0 Å². The largest absolute Gasteiger partial charge is 0.342 e. The molecular formula is C11H12N2. The van der Waals surface area contributed by atoms with E-state index in [4.69, 9.17) is 0 Å². The third-order valence-corrected chi connectivity index (χ3v) is 2.74. The highest BCUT2D eigenvalue weighted by Crippen LogP contribution is 2.39. The predicted octanol–water partition coefficient (Wildman–Crippen LogP) is 2.68. The van der Waals surface area contributed by atoms with Crippen LogP contribution in [0.15, 0.2) is 24.5 Å². The Labute approximate surface area is 77.2 Å². The lowest BCUT2D eigenvalue weighted by Crippen LogP contribution is -1.94. The molecule has 0 saturated heterocycles. The van der Waals surface area contributed by atoms with E-state index in [0.717, 1.165) is 6.04 Å². The van der Waals surface area contributed by atoms with Crippen LogP contribution in [0.5, 0.6) is 0 Å². The summed E-state index contributed by atoms with van der Waals surface area (Å²) in [5.41, 5.74) is 2.71. The van der Waals surface area contributed by atoms with Crippen molar-refractivity contribution >= 4 is 10.9 Å². The smallest absolute Gasteiger partial charge is 0.0516 e. The summed E-state index contributed by atoms with van der Waals surface area (Å²) in [6.45, 7) is 2.18. The first-order valence-electron chi connectivity index (χ1n) is 4.78.